The number of carbonyl (C=O) groups excluding carboxylic acids is 15. The largest absolute Gasteiger partial charge is 0.508 e. The number of likely N-dealkylation sites (tertiary alicyclic amines) is 1. The van der Waals surface area contributed by atoms with Crippen molar-refractivity contribution < 1.29 is 166 Å². The summed E-state index contributed by atoms with van der Waals surface area (Å²) in [5.41, 5.74) is 12.5. The summed E-state index contributed by atoms with van der Waals surface area (Å²) in [6.07, 6.45) is -13.0. The number of hydrogen-bond donors (Lipinski definition) is 26. The van der Waals surface area contributed by atoms with Crippen molar-refractivity contribution in [3.63, 3.8) is 0 Å². The maximum atomic E-state index is 14.9. The fourth-order valence-corrected chi connectivity index (χ4v) is 13.4. The third-order valence-electron chi connectivity index (χ3n) is 20.4. The molecule has 0 aliphatic carbocycles. The molecule has 1 saturated heterocycles. The number of carboxylic acid groups (broad SMARTS) is 9. The first-order chi connectivity index (χ1) is 62.7. The summed E-state index contributed by atoms with van der Waals surface area (Å²) >= 11 is 0. The van der Waals surface area contributed by atoms with Crippen LogP contribution in [0, 0.1) is 0 Å². The third-order valence-corrected chi connectivity index (χ3v) is 20.4. The summed E-state index contributed by atoms with van der Waals surface area (Å²) in [5, 5.41) is 127. The molecule has 15 amide bonds. The lowest BCUT2D eigenvalue weighted by Gasteiger charge is -2.30. The molecule has 28 N–H and O–H groups in total. The molecular weight excluding hydrogens is 1770 g/mol. The van der Waals surface area contributed by atoms with Gasteiger partial charge in [-0.2, -0.15) is 0 Å². The van der Waals surface area contributed by atoms with Crippen LogP contribution in [-0.4, -0.2) is 301 Å². The van der Waals surface area contributed by atoms with E-state index < -0.39 is 349 Å². The highest BCUT2D eigenvalue weighted by atomic mass is 16.4. The van der Waals surface area contributed by atoms with Gasteiger partial charge in [-0.3, -0.25) is 110 Å². The number of phenolic OH excluding ortho intramolecular Hbond substituents is 1. The number of nitrogens with one attached hydrogen (secondary N) is 14. The second kappa shape index (κ2) is 53.3. The number of para-hydroxylation sites is 1. The molecular formula is C82H105N17O34. The van der Waals surface area contributed by atoms with Crippen molar-refractivity contribution in [2.45, 2.75) is 226 Å². The van der Waals surface area contributed by atoms with Crippen LogP contribution in [0.2, 0.25) is 0 Å². The maximum absolute atomic E-state index is 14.9. The van der Waals surface area contributed by atoms with Crippen LogP contribution in [0.1, 0.15) is 139 Å². The second-order valence-electron chi connectivity index (χ2n) is 30.7. The number of rotatable bonds is 59. The molecule has 1 aliphatic heterocycles. The molecule has 2 heterocycles. The fraction of sp³-hybridized carbons (Fsp3) is 0.463. The van der Waals surface area contributed by atoms with Crippen LogP contribution in [0.5, 0.6) is 5.75 Å². The number of phenols is 1. The van der Waals surface area contributed by atoms with Gasteiger partial charge in [0.15, 0.2) is 0 Å². The Kier molecular flexibility index (Phi) is 43.2. The van der Waals surface area contributed by atoms with Crippen molar-refractivity contribution in [2.75, 3.05) is 13.1 Å². The van der Waals surface area contributed by atoms with Gasteiger partial charge in [0.25, 0.3) is 0 Å². The molecule has 0 unspecified atom stereocenters. The second-order valence-corrected chi connectivity index (χ2v) is 30.7. The highest BCUT2D eigenvalue weighted by molar-refractivity contribution is 6.02. The minimum atomic E-state index is -2.27. The quantitative estimate of drug-likeness (QED) is 0.0195. The van der Waals surface area contributed by atoms with Gasteiger partial charge in [-0.1, -0.05) is 60.7 Å². The Balaban J connectivity index is 1.37. The van der Waals surface area contributed by atoms with Crippen LogP contribution >= 0.6 is 0 Å². The Labute approximate surface area is 753 Å². The highest BCUT2D eigenvalue weighted by Gasteiger charge is 2.43. The van der Waals surface area contributed by atoms with E-state index >= 15 is 0 Å². The number of primary amides is 1. The number of nitrogens with two attached hydrogens (primary N) is 2. The lowest BCUT2D eigenvalue weighted by molar-refractivity contribution is -0.145. The number of nitrogens with zero attached hydrogens (tertiary/aromatic N) is 1. The number of hydrogen-bond acceptors (Lipinski definition) is 26. The number of aromatic amines is 1. The minimum absolute atomic E-state index is 0.0417. The number of H-pyrrole nitrogens is 1. The Morgan fingerprint density at radius 2 is 0.759 bits per heavy atom. The summed E-state index contributed by atoms with van der Waals surface area (Å²) in [4.78, 5) is 321. The Morgan fingerprint density at radius 1 is 0.383 bits per heavy atom. The number of aromatic nitrogens is 1. The summed E-state index contributed by atoms with van der Waals surface area (Å²) in [6, 6.07) is -6.77. The molecule has 0 saturated carbocycles. The molecule has 133 heavy (non-hydrogen) atoms. The third kappa shape index (κ3) is 37.8. The molecule has 0 radical (unpaired) electrons. The van der Waals surface area contributed by atoms with Crippen molar-refractivity contribution in [1.29, 1.82) is 0 Å². The number of fused-ring (bicyclic) bond motifs is 1. The van der Waals surface area contributed by atoms with Crippen molar-refractivity contribution in [2.24, 2.45) is 11.5 Å². The van der Waals surface area contributed by atoms with Gasteiger partial charge in [-0.05, 0) is 99.6 Å². The Bertz CT molecular complexity index is 4950. The van der Waals surface area contributed by atoms with Crippen molar-refractivity contribution >= 4 is 153 Å². The number of aromatic hydroxyl groups is 1. The van der Waals surface area contributed by atoms with E-state index in [0.29, 0.717) is 22.0 Å². The maximum Gasteiger partial charge on any atom is 0.326 e. The number of benzene rings is 3. The Morgan fingerprint density at radius 3 is 1.24 bits per heavy atom. The van der Waals surface area contributed by atoms with Gasteiger partial charge in [-0.25, -0.2) is 4.79 Å². The van der Waals surface area contributed by atoms with Crippen molar-refractivity contribution in [1.82, 2.24) is 79.0 Å². The average Bonchev–Trinajstić information content (AvgIpc) is 1.71. The summed E-state index contributed by atoms with van der Waals surface area (Å²) in [6.45, 7) is -0.430. The SMILES string of the molecule is C[C@H](NC(=O)[C@H](Cc1c[nH]c2ccccc12)NC(=O)[C@H](CCC(=O)O)NC(=O)[C@H](Cc1ccccc1)NC(=O)[C@H](Cc1ccc(O)cc1)NC(=O)[C@H](CC(=O)O)NC(=O)CNC(=O)[C@H](CCC(=O)O)NC(=O)[C@@H]1CCCN1C(=O)[C@H](CCC(=O)O)NC(=O)[C@H](CC(=O)O)NC(=O)[C@H](CCC(=O)O)NC(=O)[C@H](CCC(N)=O)NC(=O)[C@@H](N)CCC(=O)O)C(=O)N[C@@H](CCC(=O)O)C(=O)O. The molecule has 4 aromatic rings. The molecule has 0 spiro atoms. The predicted octanol–water partition coefficient (Wildman–Crippen LogP) is -6.34. The molecule has 722 valence electrons. The van der Waals surface area contributed by atoms with Gasteiger partial charge in [0.2, 0.25) is 88.6 Å². The van der Waals surface area contributed by atoms with E-state index in [9.17, 15) is 156 Å². The number of amides is 15. The standard InChI is InChI=1S/C82H105N17O34/c1-39(69(119)94-52(82(132)133)23-30-66(113)114)87-75(125)55(34-42-37-85-46-11-6-5-10-44(42)46)97-73(123)50(21-28-64(109)110)91-76(126)53(32-40-8-3-2-4-9-40)95-77(127)54(33-41-13-15-43(100)16-14-41)96-78(128)56(35-67(115)116)88-60(102)38-86-71(121)47(19-26-62(105)106)92-80(130)58-12-7-31-99(58)81(131)51(22-29-65(111)112)93-79(129)57(36-68(117)118)98-74(124)49(20-27-63(107)108)90-72(122)48(18-24-59(84)101)89-70(120)45(83)17-25-61(103)104/h2-6,8-11,13-16,37,39,45,47-58,85,100H,7,12,17-36,38,83H2,1H3,(H2,84,101)(H,86,121)(H,87,125)(H,88,102)(H,89,120)(H,90,122)(H,91,126)(H,92,130)(H,93,129)(H,94,119)(H,95,127)(H,96,128)(H,97,123)(H,98,124)(H,103,104)(H,105,106)(H,107,108)(H,109,110)(H,111,112)(H,113,114)(H,115,116)(H,117,118)(H,132,133)/t39-,45-,47-,48-,49-,50-,51-,52-,53-,54-,55-,56-,57-,58-/m0/s1. The van der Waals surface area contributed by atoms with Gasteiger partial charge in [-0.15, -0.1) is 0 Å². The van der Waals surface area contributed by atoms with Gasteiger partial charge in [0, 0.05) is 87.9 Å². The van der Waals surface area contributed by atoms with Crippen LogP contribution in [0.3, 0.4) is 0 Å². The number of carbonyl (C=O) groups is 24. The molecule has 1 fully saturated rings. The van der Waals surface area contributed by atoms with Gasteiger partial charge < -0.3 is 142 Å². The lowest BCUT2D eigenvalue weighted by Crippen LogP contribution is -2.61. The van der Waals surface area contributed by atoms with E-state index in [2.05, 4.69) is 68.8 Å². The summed E-state index contributed by atoms with van der Waals surface area (Å²) in [5.74, 6) is -33.3. The first kappa shape index (κ1) is 108. The lowest BCUT2D eigenvalue weighted by atomic mass is 10.0. The molecule has 14 atom stereocenters. The van der Waals surface area contributed by atoms with Gasteiger partial charge in [0.05, 0.1) is 25.4 Å². The topological polar surface area (TPSA) is 839 Å². The highest BCUT2D eigenvalue weighted by Crippen LogP contribution is 2.24. The fourth-order valence-electron chi connectivity index (χ4n) is 13.4. The van der Waals surface area contributed by atoms with Crippen LogP contribution in [0.15, 0.2) is 85.1 Å². The molecule has 3 aromatic carbocycles. The van der Waals surface area contributed by atoms with Crippen LogP contribution in [0.4, 0.5) is 0 Å². The zero-order valence-electron chi connectivity index (χ0n) is 71.3. The average molecular weight is 1870 g/mol. The van der Waals surface area contributed by atoms with Crippen LogP contribution in [-0.2, 0) is 134 Å². The normalized spacial score (nSPS) is 15.0. The predicted molar refractivity (Wildman–Crippen MR) is 450 cm³/mol. The molecule has 51 heteroatoms. The number of carboxylic acids is 9. The molecule has 1 aliphatic rings. The van der Waals surface area contributed by atoms with E-state index in [1.165, 1.54) is 54.7 Å². The van der Waals surface area contributed by atoms with E-state index in [0.717, 1.165) is 11.8 Å². The monoisotopic (exact) mass is 1870 g/mol. The Hall–Kier alpha value is -15.8. The molecule has 51 nitrogen and oxygen atoms in total. The van der Waals surface area contributed by atoms with Crippen LogP contribution in [0.25, 0.3) is 10.9 Å². The van der Waals surface area contributed by atoms with E-state index in [-0.39, 0.29) is 37.1 Å². The van der Waals surface area contributed by atoms with E-state index in [4.69, 9.17) is 21.7 Å². The number of aliphatic carboxylic acids is 9. The first-order valence-corrected chi connectivity index (χ1v) is 41.3. The zero-order valence-corrected chi connectivity index (χ0v) is 71.3. The smallest absolute Gasteiger partial charge is 0.326 e. The zero-order chi connectivity index (χ0) is 99.0. The summed E-state index contributed by atoms with van der Waals surface area (Å²) < 4.78 is 0. The van der Waals surface area contributed by atoms with Crippen LogP contribution < -0.4 is 80.6 Å². The first-order valence-electron chi connectivity index (χ1n) is 41.3. The van der Waals surface area contributed by atoms with Gasteiger partial charge >= 0.3 is 53.7 Å². The molecule has 5 rings (SSSR count). The van der Waals surface area contributed by atoms with E-state index in [1.54, 1.807) is 30.3 Å². The summed E-state index contributed by atoms with van der Waals surface area (Å²) in [7, 11) is 0. The van der Waals surface area contributed by atoms with E-state index in [1.807, 2.05) is 5.32 Å². The van der Waals surface area contributed by atoms with Gasteiger partial charge in [0.1, 0.15) is 84.3 Å². The minimum Gasteiger partial charge on any atom is -0.508 e. The van der Waals surface area contributed by atoms with Crippen molar-refractivity contribution in [3.8, 4) is 5.75 Å². The molecule has 1 aromatic heterocycles. The van der Waals surface area contributed by atoms with Crippen molar-refractivity contribution in [3.05, 3.63) is 102 Å². The molecule has 0 bridgehead atoms.